The monoisotopic (exact) mass is 475 g/mol. The zero-order valence-electron chi connectivity index (χ0n) is 21.6. The summed E-state index contributed by atoms with van der Waals surface area (Å²) >= 11 is 0. The topological polar surface area (TPSA) is 63.5 Å². The number of carbonyl (C=O) groups excluding carboxylic acids is 1. The highest BCUT2D eigenvalue weighted by Crippen LogP contribution is 2.30. The smallest absolute Gasteiger partial charge is 0.255 e. The summed E-state index contributed by atoms with van der Waals surface area (Å²) in [5.41, 5.74) is 4.50. The number of nitrogens with zero attached hydrogens (tertiary/aromatic N) is 5. The first-order chi connectivity index (χ1) is 16.8. The number of pyridine rings is 1. The first-order valence-corrected chi connectivity index (χ1v) is 12.9. The van der Waals surface area contributed by atoms with Crippen LogP contribution in [0.3, 0.4) is 0 Å². The van der Waals surface area contributed by atoms with E-state index in [1.807, 2.05) is 16.9 Å². The first kappa shape index (κ1) is 23.9. The largest absolute Gasteiger partial charge is 0.373 e. The van der Waals surface area contributed by atoms with Gasteiger partial charge in [-0.15, -0.1) is 0 Å². The van der Waals surface area contributed by atoms with E-state index in [9.17, 15) is 4.79 Å². The van der Waals surface area contributed by atoms with Crippen molar-refractivity contribution in [1.29, 1.82) is 0 Å². The molecule has 2 fully saturated rings. The maximum absolute atomic E-state index is 14.1. The third kappa shape index (κ3) is 4.84. The third-order valence-electron chi connectivity index (χ3n) is 7.24. The molecule has 2 saturated heterocycles. The summed E-state index contributed by atoms with van der Waals surface area (Å²) in [5.74, 6) is 0.0888. The van der Waals surface area contributed by atoms with E-state index in [1.54, 1.807) is 0 Å². The molecule has 2 aliphatic rings. The van der Waals surface area contributed by atoms with E-state index < -0.39 is 0 Å². The standard InChI is InChI=1S/C28H37N5O2/c1-18(2)33-27-25(14-29-33)24(13-26(30-27)22-10-8-19(3)9-11-22)28(34)32-12-6-7-23(32)17-31-15-20(4)35-21(5)16-31/h8-11,13-14,18,20-21,23H,6-7,12,15-17H2,1-5H3. The van der Waals surface area contributed by atoms with Crippen molar-refractivity contribution in [2.75, 3.05) is 26.2 Å². The predicted molar refractivity (Wildman–Crippen MR) is 139 cm³/mol. The Bertz CT molecular complexity index is 1190. The molecule has 0 N–H and O–H groups in total. The minimum absolute atomic E-state index is 0.0888. The second-order valence-corrected chi connectivity index (χ2v) is 10.6. The molecular formula is C28H37N5O2. The molecule has 0 saturated carbocycles. The van der Waals surface area contributed by atoms with Crippen molar-refractivity contribution in [1.82, 2.24) is 24.6 Å². The van der Waals surface area contributed by atoms with E-state index in [0.29, 0.717) is 5.56 Å². The molecule has 3 atom stereocenters. The number of benzene rings is 1. The number of hydrogen-bond donors (Lipinski definition) is 0. The quantitative estimate of drug-likeness (QED) is 0.535. The molecule has 0 bridgehead atoms. The zero-order valence-corrected chi connectivity index (χ0v) is 21.6. The molecule has 4 heterocycles. The number of aromatic nitrogens is 3. The van der Waals surface area contributed by atoms with Gasteiger partial charge in [0, 0.05) is 43.8 Å². The summed E-state index contributed by atoms with van der Waals surface area (Å²) in [6.45, 7) is 14.0. The van der Waals surface area contributed by atoms with E-state index >= 15 is 0 Å². The van der Waals surface area contributed by atoms with Gasteiger partial charge in [0.1, 0.15) is 0 Å². The fourth-order valence-electron chi connectivity index (χ4n) is 5.62. The minimum Gasteiger partial charge on any atom is -0.373 e. The van der Waals surface area contributed by atoms with E-state index in [4.69, 9.17) is 9.72 Å². The average Bonchev–Trinajstić information content (AvgIpc) is 3.45. The lowest BCUT2D eigenvalue weighted by molar-refractivity contribution is -0.0715. The van der Waals surface area contributed by atoms with Crippen LogP contribution < -0.4 is 0 Å². The number of carbonyl (C=O) groups is 1. The molecule has 0 spiro atoms. The van der Waals surface area contributed by atoms with Crippen molar-refractivity contribution < 1.29 is 9.53 Å². The second kappa shape index (κ2) is 9.70. The van der Waals surface area contributed by atoms with Crippen molar-refractivity contribution in [3.8, 4) is 11.3 Å². The molecule has 1 amide bonds. The molecule has 186 valence electrons. The molecule has 0 radical (unpaired) electrons. The lowest BCUT2D eigenvalue weighted by atomic mass is 10.0. The van der Waals surface area contributed by atoms with Gasteiger partial charge < -0.3 is 9.64 Å². The summed E-state index contributed by atoms with van der Waals surface area (Å²) in [7, 11) is 0. The average molecular weight is 476 g/mol. The molecule has 3 unspecified atom stereocenters. The van der Waals surface area contributed by atoms with E-state index in [0.717, 1.165) is 61.3 Å². The maximum atomic E-state index is 14.1. The Kier molecular flexibility index (Phi) is 6.64. The zero-order chi connectivity index (χ0) is 24.7. The van der Waals surface area contributed by atoms with Gasteiger partial charge in [-0.2, -0.15) is 5.10 Å². The number of fused-ring (bicyclic) bond motifs is 1. The Balaban J connectivity index is 1.50. The molecule has 5 rings (SSSR count). The Morgan fingerprint density at radius 3 is 2.54 bits per heavy atom. The molecule has 3 aromatic rings. The van der Waals surface area contributed by atoms with Gasteiger partial charge in [-0.25, -0.2) is 9.67 Å². The van der Waals surface area contributed by atoms with Crippen LogP contribution in [-0.4, -0.2) is 74.9 Å². The van der Waals surface area contributed by atoms with Gasteiger partial charge in [0.05, 0.1) is 35.0 Å². The lowest BCUT2D eigenvalue weighted by Crippen LogP contribution is -2.50. The molecule has 2 aliphatic heterocycles. The van der Waals surface area contributed by atoms with E-state index in [2.05, 4.69) is 73.8 Å². The normalized spacial score (nSPS) is 23.5. The second-order valence-electron chi connectivity index (χ2n) is 10.6. The van der Waals surface area contributed by atoms with Crippen LogP contribution in [0, 0.1) is 6.92 Å². The van der Waals surface area contributed by atoms with Gasteiger partial charge in [0.2, 0.25) is 0 Å². The third-order valence-corrected chi connectivity index (χ3v) is 7.24. The van der Waals surface area contributed by atoms with Crippen LogP contribution in [0.2, 0.25) is 0 Å². The Morgan fingerprint density at radius 2 is 1.86 bits per heavy atom. The SMILES string of the molecule is Cc1ccc(-c2cc(C(=O)N3CCCC3CN3CC(C)OC(C)C3)c3cnn(C(C)C)c3n2)cc1. The maximum Gasteiger partial charge on any atom is 0.255 e. The highest BCUT2D eigenvalue weighted by molar-refractivity contribution is 6.06. The van der Waals surface area contributed by atoms with E-state index in [-0.39, 0.29) is 30.2 Å². The molecule has 35 heavy (non-hydrogen) atoms. The molecule has 7 heteroatoms. The van der Waals surface area contributed by atoms with Crippen LogP contribution in [0.15, 0.2) is 36.5 Å². The van der Waals surface area contributed by atoms with Crippen LogP contribution in [0.5, 0.6) is 0 Å². The molecule has 7 nitrogen and oxygen atoms in total. The number of amides is 1. The number of morpholine rings is 1. The summed E-state index contributed by atoms with van der Waals surface area (Å²) in [5, 5.41) is 5.44. The lowest BCUT2D eigenvalue weighted by Gasteiger charge is -2.38. The van der Waals surface area contributed by atoms with Gasteiger partial charge in [0.25, 0.3) is 5.91 Å². The number of aryl methyl sites for hydroxylation is 1. The fraction of sp³-hybridized carbons (Fsp3) is 0.536. The Hall–Kier alpha value is -2.77. The van der Waals surface area contributed by atoms with Gasteiger partial charge >= 0.3 is 0 Å². The van der Waals surface area contributed by atoms with Crippen molar-refractivity contribution in [3.05, 3.63) is 47.7 Å². The van der Waals surface area contributed by atoms with Crippen molar-refractivity contribution in [2.45, 2.75) is 71.8 Å². The van der Waals surface area contributed by atoms with Gasteiger partial charge in [-0.3, -0.25) is 9.69 Å². The Labute approximate surface area is 208 Å². The summed E-state index contributed by atoms with van der Waals surface area (Å²) in [4.78, 5) is 23.6. The van der Waals surface area contributed by atoms with Crippen LogP contribution in [0.25, 0.3) is 22.3 Å². The molecule has 0 aliphatic carbocycles. The molecular weight excluding hydrogens is 438 g/mol. The van der Waals surface area contributed by atoms with Gasteiger partial charge in [-0.1, -0.05) is 29.8 Å². The molecule has 1 aromatic carbocycles. The van der Waals surface area contributed by atoms with Gasteiger partial charge in [0.15, 0.2) is 5.65 Å². The highest BCUT2D eigenvalue weighted by Gasteiger charge is 2.34. The molecule has 2 aromatic heterocycles. The summed E-state index contributed by atoms with van der Waals surface area (Å²) in [6, 6.07) is 10.7. The van der Waals surface area contributed by atoms with Crippen LogP contribution >= 0.6 is 0 Å². The van der Waals surface area contributed by atoms with Gasteiger partial charge in [-0.05, 0) is 53.5 Å². The van der Waals surface area contributed by atoms with E-state index in [1.165, 1.54) is 5.56 Å². The summed E-state index contributed by atoms with van der Waals surface area (Å²) < 4.78 is 7.84. The minimum atomic E-state index is 0.0888. The summed E-state index contributed by atoms with van der Waals surface area (Å²) in [6.07, 6.45) is 4.34. The highest BCUT2D eigenvalue weighted by atomic mass is 16.5. The first-order valence-electron chi connectivity index (χ1n) is 12.9. The van der Waals surface area contributed by atoms with Crippen LogP contribution in [0.4, 0.5) is 0 Å². The van der Waals surface area contributed by atoms with Crippen LogP contribution in [-0.2, 0) is 4.74 Å². The van der Waals surface area contributed by atoms with Crippen molar-refractivity contribution in [2.24, 2.45) is 0 Å². The number of hydrogen-bond acceptors (Lipinski definition) is 5. The predicted octanol–water partition coefficient (Wildman–Crippen LogP) is 4.70. The van der Waals surface area contributed by atoms with Crippen molar-refractivity contribution in [3.63, 3.8) is 0 Å². The number of likely N-dealkylation sites (tertiary alicyclic amines) is 1. The van der Waals surface area contributed by atoms with Crippen LogP contribution in [0.1, 0.15) is 62.5 Å². The number of rotatable bonds is 5. The van der Waals surface area contributed by atoms with Crippen molar-refractivity contribution >= 4 is 16.9 Å². The number of ether oxygens (including phenoxy) is 1. The Morgan fingerprint density at radius 1 is 1.14 bits per heavy atom. The fourth-order valence-corrected chi connectivity index (χ4v) is 5.62.